The van der Waals surface area contributed by atoms with Gasteiger partial charge in [-0.3, -0.25) is 4.98 Å². The van der Waals surface area contributed by atoms with Crippen molar-refractivity contribution in [2.75, 3.05) is 0 Å². The van der Waals surface area contributed by atoms with Gasteiger partial charge in [-0.05, 0) is 42.9 Å². The van der Waals surface area contributed by atoms with E-state index < -0.39 is 0 Å². The second kappa shape index (κ2) is 9.09. The quantitative estimate of drug-likeness (QED) is 0.718. The maximum absolute atomic E-state index is 6.25. The second-order valence-electron chi connectivity index (χ2n) is 5.31. The molecule has 2 nitrogen and oxygen atoms in total. The fraction of sp³-hybridized carbons (Fsp3) is 0.688. The van der Waals surface area contributed by atoms with Crippen molar-refractivity contribution in [3.05, 3.63) is 30.1 Å². The molecule has 2 N–H and O–H groups in total. The Labute approximate surface area is 112 Å². The molecule has 1 aromatic rings. The topological polar surface area (TPSA) is 38.9 Å². The normalized spacial score (nSPS) is 14.4. The summed E-state index contributed by atoms with van der Waals surface area (Å²) in [7, 11) is 0. The largest absolute Gasteiger partial charge is 0.328 e. The zero-order chi connectivity index (χ0) is 13.2. The van der Waals surface area contributed by atoms with E-state index in [1.165, 1.54) is 37.7 Å². The monoisotopic (exact) mass is 248 g/mol. The van der Waals surface area contributed by atoms with Gasteiger partial charge in [-0.2, -0.15) is 0 Å². The number of aryl methyl sites for hydroxylation is 1. The predicted molar refractivity (Wildman–Crippen MR) is 78.5 cm³/mol. The van der Waals surface area contributed by atoms with Gasteiger partial charge in [0.05, 0.1) is 0 Å². The van der Waals surface area contributed by atoms with E-state index in [1.54, 1.807) is 0 Å². The predicted octanol–water partition coefficient (Wildman–Crippen LogP) is 3.95. The Morgan fingerprint density at radius 3 is 2.50 bits per heavy atom. The summed E-state index contributed by atoms with van der Waals surface area (Å²) >= 11 is 0. The van der Waals surface area contributed by atoms with Crippen LogP contribution >= 0.6 is 0 Å². The minimum absolute atomic E-state index is 0.347. The second-order valence-corrected chi connectivity index (χ2v) is 5.31. The van der Waals surface area contributed by atoms with Gasteiger partial charge in [0, 0.05) is 18.4 Å². The lowest BCUT2D eigenvalue weighted by Gasteiger charge is -2.19. The number of hydrogen-bond acceptors (Lipinski definition) is 2. The van der Waals surface area contributed by atoms with E-state index in [0.29, 0.717) is 6.04 Å². The van der Waals surface area contributed by atoms with Crippen molar-refractivity contribution in [2.24, 2.45) is 11.7 Å². The summed E-state index contributed by atoms with van der Waals surface area (Å²) < 4.78 is 0. The fourth-order valence-electron chi connectivity index (χ4n) is 2.43. The molecule has 0 aliphatic rings. The zero-order valence-electron chi connectivity index (χ0n) is 11.9. The maximum atomic E-state index is 6.25. The molecule has 0 amide bonds. The molecule has 2 unspecified atom stereocenters. The maximum Gasteiger partial charge on any atom is 0.0270 e. The molecule has 1 rings (SSSR count). The van der Waals surface area contributed by atoms with Gasteiger partial charge in [-0.15, -0.1) is 0 Å². The van der Waals surface area contributed by atoms with Crippen LogP contribution in [0, 0.1) is 5.92 Å². The molecule has 0 fully saturated rings. The molecule has 1 aromatic heterocycles. The number of nitrogens with two attached hydrogens (primary N) is 1. The molecule has 0 aliphatic heterocycles. The number of aromatic nitrogens is 1. The first-order valence-electron chi connectivity index (χ1n) is 7.40. The molecule has 0 aliphatic carbocycles. The summed E-state index contributed by atoms with van der Waals surface area (Å²) in [5.74, 6) is 0.817. The number of nitrogens with zero attached hydrogens (tertiary/aromatic N) is 1. The van der Waals surface area contributed by atoms with E-state index in [2.05, 4.69) is 31.0 Å². The van der Waals surface area contributed by atoms with Gasteiger partial charge in [0.15, 0.2) is 0 Å². The molecule has 102 valence electrons. The molecule has 0 aromatic carbocycles. The van der Waals surface area contributed by atoms with E-state index in [-0.39, 0.29) is 0 Å². The minimum Gasteiger partial charge on any atom is -0.328 e. The highest BCUT2D eigenvalue weighted by Gasteiger charge is 2.11. The van der Waals surface area contributed by atoms with Crippen molar-refractivity contribution in [3.63, 3.8) is 0 Å². The average Bonchev–Trinajstić information content (AvgIpc) is 2.42. The van der Waals surface area contributed by atoms with E-state index in [0.717, 1.165) is 18.8 Å². The average molecular weight is 248 g/mol. The molecule has 0 saturated carbocycles. The molecular weight excluding hydrogens is 220 g/mol. The van der Waals surface area contributed by atoms with Gasteiger partial charge in [-0.1, -0.05) is 39.5 Å². The lowest BCUT2D eigenvalue weighted by molar-refractivity contribution is 0.375. The fourth-order valence-corrected chi connectivity index (χ4v) is 2.43. The highest BCUT2D eigenvalue weighted by Crippen LogP contribution is 2.19. The third-order valence-corrected chi connectivity index (χ3v) is 3.73. The van der Waals surface area contributed by atoms with Crippen LogP contribution in [-0.2, 0) is 6.42 Å². The molecule has 1 heterocycles. The Balaban J connectivity index is 2.25. The van der Waals surface area contributed by atoms with E-state index >= 15 is 0 Å². The van der Waals surface area contributed by atoms with Crippen molar-refractivity contribution in [1.29, 1.82) is 0 Å². The van der Waals surface area contributed by atoms with E-state index in [1.807, 2.05) is 12.4 Å². The molecule has 2 heteroatoms. The summed E-state index contributed by atoms with van der Waals surface area (Å²) in [5, 5.41) is 0. The highest BCUT2D eigenvalue weighted by atomic mass is 14.6. The Morgan fingerprint density at radius 2 is 1.89 bits per heavy atom. The van der Waals surface area contributed by atoms with Crippen LogP contribution in [0.2, 0.25) is 0 Å². The van der Waals surface area contributed by atoms with Gasteiger partial charge in [0.2, 0.25) is 0 Å². The Kier molecular flexibility index (Phi) is 7.66. The Hall–Kier alpha value is -0.890. The minimum atomic E-state index is 0.347. The van der Waals surface area contributed by atoms with Crippen molar-refractivity contribution in [1.82, 2.24) is 4.98 Å². The Morgan fingerprint density at radius 1 is 1.17 bits per heavy atom. The molecule has 0 radical (unpaired) electrons. The number of unbranched alkanes of at least 4 members (excludes halogenated alkanes) is 1. The van der Waals surface area contributed by atoms with E-state index in [4.69, 9.17) is 5.73 Å². The molecular formula is C16H28N2. The van der Waals surface area contributed by atoms with Gasteiger partial charge in [0.25, 0.3) is 0 Å². The van der Waals surface area contributed by atoms with Crippen LogP contribution in [0.5, 0.6) is 0 Å². The molecule has 0 bridgehead atoms. The summed E-state index contributed by atoms with van der Waals surface area (Å²) in [5.41, 5.74) is 7.60. The van der Waals surface area contributed by atoms with Crippen LogP contribution in [0.25, 0.3) is 0 Å². The lowest BCUT2D eigenvalue weighted by atomic mass is 9.90. The van der Waals surface area contributed by atoms with Crippen LogP contribution < -0.4 is 5.73 Å². The van der Waals surface area contributed by atoms with Crippen molar-refractivity contribution >= 4 is 0 Å². The Bertz CT molecular complexity index is 297. The highest BCUT2D eigenvalue weighted by molar-refractivity contribution is 5.09. The summed E-state index contributed by atoms with van der Waals surface area (Å²) in [6.07, 6.45) is 12.3. The molecule has 0 saturated heterocycles. The summed E-state index contributed by atoms with van der Waals surface area (Å²) in [4.78, 5) is 4.04. The number of hydrogen-bond donors (Lipinski definition) is 1. The molecule has 0 spiro atoms. The number of pyridine rings is 1. The standard InChI is InChI=1S/C16H28N2/c1-3-5-6-14(4-2)13-16(17)8-7-15-9-11-18-12-10-15/h9-12,14,16H,3-8,13,17H2,1-2H3. The van der Waals surface area contributed by atoms with Crippen LogP contribution in [0.1, 0.15) is 57.9 Å². The summed E-state index contributed by atoms with van der Waals surface area (Å²) in [6.45, 7) is 4.55. The van der Waals surface area contributed by atoms with Gasteiger partial charge >= 0.3 is 0 Å². The van der Waals surface area contributed by atoms with E-state index in [9.17, 15) is 0 Å². The zero-order valence-corrected chi connectivity index (χ0v) is 11.9. The van der Waals surface area contributed by atoms with Gasteiger partial charge < -0.3 is 5.73 Å². The third-order valence-electron chi connectivity index (χ3n) is 3.73. The first kappa shape index (κ1) is 15.2. The van der Waals surface area contributed by atoms with Gasteiger partial charge in [0.1, 0.15) is 0 Å². The van der Waals surface area contributed by atoms with Crippen molar-refractivity contribution in [3.8, 4) is 0 Å². The third kappa shape index (κ3) is 6.15. The van der Waals surface area contributed by atoms with Gasteiger partial charge in [-0.25, -0.2) is 0 Å². The van der Waals surface area contributed by atoms with Crippen LogP contribution in [0.3, 0.4) is 0 Å². The number of rotatable bonds is 9. The molecule has 18 heavy (non-hydrogen) atoms. The van der Waals surface area contributed by atoms with Crippen molar-refractivity contribution in [2.45, 2.75) is 64.8 Å². The van der Waals surface area contributed by atoms with Crippen LogP contribution in [0.4, 0.5) is 0 Å². The van der Waals surface area contributed by atoms with Crippen molar-refractivity contribution < 1.29 is 0 Å². The van der Waals surface area contributed by atoms with Crippen LogP contribution in [0.15, 0.2) is 24.5 Å². The lowest BCUT2D eigenvalue weighted by Crippen LogP contribution is -2.24. The first-order valence-corrected chi connectivity index (χ1v) is 7.40. The van der Waals surface area contributed by atoms with Crippen LogP contribution in [-0.4, -0.2) is 11.0 Å². The first-order chi connectivity index (χ1) is 8.76. The smallest absolute Gasteiger partial charge is 0.0270 e. The molecule has 2 atom stereocenters. The summed E-state index contributed by atoms with van der Waals surface area (Å²) in [6, 6.07) is 4.52. The SMILES string of the molecule is CCCCC(CC)CC(N)CCc1ccncc1.